The second kappa shape index (κ2) is 5.28. The molecule has 2 unspecified atom stereocenters. The van der Waals surface area contributed by atoms with Crippen LogP contribution in [0.2, 0.25) is 0 Å². The maximum Gasteiger partial charge on any atom is 0.332 e. The molecule has 0 amide bonds. The highest BCUT2D eigenvalue weighted by Crippen LogP contribution is 2.15. The Labute approximate surface area is 91.0 Å². The van der Waals surface area contributed by atoms with E-state index in [-0.39, 0.29) is 5.57 Å². The topological polar surface area (TPSA) is 52.6 Å². The summed E-state index contributed by atoms with van der Waals surface area (Å²) < 4.78 is 0. The normalized spacial score (nSPS) is 27.6. The molecule has 1 heterocycles. The van der Waals surface area contributed by atoms with Crippen molar-refractivity contribution in [3.8, 4) is 0 Å². The van der Waals surface area contributed by atoms with Crippen molar-refractivity contribution in [1.29, 1.82) is 0 Å². The number of carbonyl (C=O) groups is 1. The summed E-state index contributed by atoms with van der Waals surface area (Å²) in [4.78, 5) is 12.9. The molecule has 1 aliphatic heterocycles. The average molecular weight is 212 g/mol. The van der Waals surface area contributed by atoms with E-state index in [0.717, 1.165) is 19.4 Å². The third-order valence-electron chi connectivity index (χ3n) is 3.11. The van der Waals surface area contributed by atoms with Gasteiger partial charge < -0.3 is 15.3 Å². The number of carboxylic acids is 1. The molecule has 4 heteroatoms. The zero-order valence-electron chi connectivity index (χ0n) is 9.49. The second-order valence-electron chi connectivity index (χ2n) is 4.34. The van der Waals surface area contributed by atoms with Crippen molar-refractivity contribution in [1.82, 2.24) is 10.2 Å². The minimum Gasteiger partial charge on any atom is -0.478 e. The summed E-state index contributed by atoms with van der Waals surface area (Å²) in [5.74, 6) is -0.913. The number of aliphatic carboxylic acids is 1. The minimum absolute atomic E-state index is 0.238. The molecule has 86 valence electrons. The van der Waals surface area contributed by atoms with Crippen LogP contribution in [0.3, 0.4) is 0 Å². The van der Waals surface area contributed by atoms with Gasteiger partial charge in [-0.05, 0) is 33.4 Å². The van der Waals surface area contributed by atoms with E-state index in [1.807, 2.05) is 0 Å². The number of carboxylic acid groups (broad SMARTS) is 1. The van der Waals surface area contributed by atoms with E-state index in [9.17, 15) is 4.79 Å². The summed E-state index contributed by atoms with van der Waals surface area (Å²) in [7, 11) is 2.12. The van der Waals surface area contributed by atoms with Crippen molar-refractivity contribution in [2.45, 2.75) is 31.8 Å². The molecule has 1 rings (SSSR count). The molecule has 1 aliphatic rings. The highest BCUT2D eigenvalue weighted by Gasteiger charge is 2.22. The van der Waals surface area contributed by atoms with Gasteiger partial charge in [-0.1, -0.05) is 6.58 Å². The van der Waals surface area contributed by atoms with Gasteiger partial charge in [0, 0.05) is 24.2 Å². The summed E-state index contributed by atoms with van der Waals surface area (Å²) in [6.07, 6.45) is 2.15. The van der Waals surface area contributed by atoms with Crippen LogP contribution >= 0.6 is 0 Å². The van der Waals surface area contributed by atoms with Crippen molar-refractivity contribution >= 4 is 5.97 Å². The van der Waals surface area contributed by atoms with Crippen LogP contribution in [0.1, 0.15) is 19.8 Å². The lowest BCUT2D eigenvalue weighted by molar-refractivity contribution is -0.132. The predicted octanol–water partition coefficient (Wildman–Crippen LogP) is 0.699. The van der Waals surface area contributed by atoms with E-state index in [2.05, 4.69) is 30.8 Å². The highest BCUT2D eigenvalue weighted by molar-refractivity contribution is 5.86. The highest BCUT2D eigenvalue weighted by atomic mass is 16.4. The first-order chi connectivity index (χ1) is 7.00. The zero-order chi connectivity index (χ0) is 11.4. The van der Waals surface area contributed by atoms with Crippen LogP contribution in [-0.4, -0.2) is 48.2 Å². The van der Waals surface area contributed by atoms with Crippen molar-refractivity contribution in [2.75, 3.05) is 20.1 Å². The Morgan fingerprint density at radius 1 is 1.67 bits per heavy atom. The van der Waals surface area contributed by atoms with Crippen LogP contribution in [0.15, 0.2) is 12.2 Å². The van der Waals surface area contributed by atoms with Gasteiger partial charge in [0.1, 0.15) is 0 Å². The first-order valence-corrected chi connectivity index (χ1v) is 5.35. The zero-order valence-corrected chi connectivity index (χ0v) is 9.49. The Morgan fingerprint density at radius 2 is 2.33 bits per heavy atom. The lowest BCUT2D eigenvalue weighted by Crippen LogP contribution is -2.46. The van der Waals surface area contributed by atoms with Crippen LogP contribution in [-0.2, 0) is 4.79 Å². The Balaban J connectivity index is 2.28. The Kier molecular flexibility index (Phi) is 4.29. The van der Waals surface area contributed by atoms with Crippen molar-refractivity contribution in [2.24, 2.45) is 0 Å². The fourth-order valence-electron chi connectivity index (χ4n) is 1.82. The molecule has 0 spiro atoms. The molecule has 0 aromatic rings. The van der Waals surface area contributed by atoms with Gasteiger partial charge in [0.25, 0.3) is 0 Å². The summed E-state index contributed by atoms with van der Waals surface area (Å²) in [6.45, 7) is 7.15. The van der Waals surface area contributed by atoms with Crippen LogP contribution in [0, 0.1) is 0 Å². The van der Waals surface area contributed by atoms with Crippen LogP contribution < -0.4 is 5.32 Å². The number of piperidine rings is 1. The van der Waals surface area contributed by atoms with Gasteiger partial charge in [-0.25, -0.2) is 4.79 Å². The van der Waals surface area contributed by atoms with E-state index in [0.29, 0.717) is 18.6 Å². The smallest absolute Gasteiger partial charge is 0.332 e. The lowest BCUT2D eigenvalue weighted by Gasteiger charge is -2.35. The standard InChI is InChI=1S/C11H20N2O2/c1-8(11(14)15)7-12-10-4-5-13(3)9(2)6-10/h9-10,12H,1,4-7H2,2-3H3,(H,14,15). The van der Waals surface area contributed by atoms with Gasteiger partial charge >= 0.3 is 5.97 Å². The van der Waals surface area contributed by atoms with E-state index < -0.39 is 5.97 Å². The van der Waals surface area contributed by atoms with Crippen LogP contribution in [0.4, 0.5) is 0 Å². The van der Waals surface area contributed by atoms with Crippen LogP contribution in [0.25, 0.3) is 0 Å². The minimum atomic E-state index is -0.913. The molecular formula is C11H20N2O2. The molecule has 1 fully saturated rings. The molecule has 0 aromatic carbocycles. The van der Waals surface area contributed by atoms with Crippen molar-refractivity contribution in [3.05, 3.63) is 12.2 Å². The van der Waals surface area contributed by atoms with Gasteiger partial charge in [0.2, 0.25) is 0 Å². The first-order valence-electron chi connectivity index (χ1n) is 5.35. The van der Waals surface area contributed by atoms with Gasteiger partial charge in [0.05, 0.1) is 0 Å². The molecule has 2 N–H and O–H groups in total. The fourth-order valence-corrected chi connectivity index (χ4v) is 1.82. The number of hydrogen-bond donors (Lipinski definition) is 2. The van der Waals surface area contributed by atoms with E-state index in [1.54, 1.807) is 0 Å². The Hall–Kier alpha value is -0.870. The number of rotatable bonds is 4. The third kappa shape index (κ3) is 3.64. The lowest BCUT2D eigenvalue weighted by atomic mass is 9.99. The Bertz CT molecular complexity index is 253. The number of nitrogens with one attached hydrogen (secondary N) is 1. The maximum absolute atomic E-state index is 10.5. The second-order valence-corrected chi connectivity index (χ2v) is 4.34. The van der Waals surface area contributed by atoms with Gasteiger partial charge in [-0.15, -0.1) is 0 Å². The van der Waals surface area contributed by atoms with Crippen LogP contribution in [0.5, 0.6) is 0 Å². The molecule has 1 saturated heterocycles. The summed E-state index contributed by atoms with van der Waals surface area (Å²) >= 11 is 0. The fraction of sp³-hybridized carbons (Fsp3) is 0.727. The van der Waals surface area contributed by atoms with E-state index in [4.69, 9.17) is 5.11 Å². The molecule has 0 aliphatic carbocycles. The number of hydrogen-bond acceptors (Lipinski definition) is 3. The monoisotopic (exact) mass is 212 g/mol. The predicted molar refractivity (Wildman–Crippen MR) is 59.9 cm³/mol. The van der Waals surface area contributed by atoms with E-state index >= 15 is 0 Å². The number of nitrogens with zero attached hydrogens (tertiary/aromatic N) is 1. The molecule has 0 saturated carbocycles. The Morgan fingerprint density at radius 3 is 2.87 bits per heavy atom. The first kappa shape index (κ1) is 12.2. The van der Waals surface area contributed by atoms with Gasteiger partial charge in [-0.2, -0.15) is 0 Å². The van der Waals surface area contributed by atoms with Gasteiger partial charge in [-0.3, -0.25) is 0 Å². The number of likely N-dealkylation sites (tertiary alicyclic amines) is 1. The molecular weight excluding hydrogens is 192 g/mol. The van der Waals surface area contributed by atoms with Gasteiger partial charge in [0.15, 0.2) is 0 Å². The van der Waals surface area contributed by atoms with E-state index in [1.165, 1.54) is 0 Å². The molecule has 4 nitrogen and oxygen atoms in total. The average Bonchev–Trinajstić information content (AvgIpc) is 2.19. The molecule has 2 atom stereocenters. The SMILES string of the molecule is C=C(CNC1CCN(C)C(C)C1)C(=O)O. The molecule has 0 aromatic heterocycles. The molecule has 0 radical (unpaired) electrons. The third-order valence-corrected chi connectivity index (χ3v) is 3.11. The maximum atomic E-state index is 10.5. The largest absolute Gasteiger partial charge is 0.478 e. The van der Waals surface area contributed by atoms with Crippen molar-refractivity contribution < 1.29 is 9.90 Å². The summed E-state index contributed by atoms with van der Waals surface area (Å²) in [5, 5.41) is 11.9. The molecule has 0 bridgehead atoms. The summed E-state index contributed by atoms with van der Waals surface area (Å²) in [5.41, 5.74) is 0.238. The van der Waals surface area contributed by atoms with Crippen molar-refractivity contribution in [3.63, 3.8) is 0 Å². The summed E-state index contributed by atoms with van der Waals surface area (Å²) in [6, 6.07) is 0.988. The quantitative estimate of drug-likeness (QED) is 0.674. The molecule has 15 heavy (non-hydrogen) atoms.